The number of aromatic nitrogens is 2. The predicted molar refractivity (Wildman–Crippen MR) is 89.8 cm³/mol. The number of aliphatic carboxylic acids is 1. The van der Waals surface area contributed by atoms with E-state index in [1.807, 2.05) is 24.3 Å². The number of carbonyl (C=O) groups excluding carboxylic acids is 1. The van der Waals surface area contributed by atoms with Crippen LogP contribution in [0.4, 0.5) is 10.6 Å². The molecule has 0 aliphatic rings. The molecule has 2 aromatic heterocycles. The molecule has 0 bridgehead atoms. The minimum Gasteiger partial charge on any atom is -0.480 e. The SMILES string of the molecule is O=C(Nc1ccccn1)NC(Cc1c[nH]c2ccccc12)C(=O)O. The summed E-state index contributed by atoms with van der Waals surface area (Å²) < 4.78 is 0. The number of hydrogen-bond donors (Lipinski definition) is 4. The Labute approximate surface area is 137 Å². The van der Waals surface area contributed by atoms with Crippen molar-refractivity contribution in [1.29, 1.82) is 0 Å². The molecule has 0 aliphatic carbocycles. The van der Waals surface area contributed by atoms with E-state index < -0.39 is 18.0 Å². The van der Waals surface area contributed by atoms with Gasteiger partial charge in [-0.3, -0.25) is 5.32 Å². The number of carbonyl (C=O) groups is 2. The van der Waals surface area contributed by atoms with Crippen LogP contribution in [0.2, 0.25) is 0 Å². The fourth-order valence-corrected chi connectivity index (χ4v) is 2.47. The largest absolute Gasteiger partial charge is 0.480 e. The summed E-state index contributed by atoms with van der Waals surface area (Å²) in [6.45, 7) is 0. The summed E-state index contributed by atoms with van der Waals surface area (Å²) in [5, 5.41) is 15.3. The Morgan fingerprint density at radius 1 is 1.17 bits per heavy atom. The highest BCUT2D eigenvalue weighted by molar-refractivity contribution is 5.92. The van der Waals surface area contributed by atoms with Crippen LogP contribution in [0, 0.1) is 0 Å². The molecule has 7 nitrogen and oxygen atoms in total. The normalized spacial score (nSPS) is 11.8. The van der Waals surface area contributed by atoms with Gasteiger partial charge in [-0.1, -0.05) is 24.3 Å². The first-order valence-electron chi connectivity index (χ1n) is 7.40. The molecule has 0 saturated carbocycles. The predicted octanol–water partition coefficient (Wildman–Crippen LogP) is 2.38. The van der Waals surface area contributed by atoms with Crippen LogP contribution in [0.1, 0.15) is 5.56 Å². The highest BCUT2D eigenvalue weighted by Gasteiger charge is 2.22. The van der Waals surface area contributed by atoms with Crippen LogP contribution in [-0.4, -0.2) is 33.1 Å². The van der Waals surface area contributed by atoms with E-state index in [4.69, 9.17) is 0 Å². The molecule has 2 heterocycles. The van der Waals surface area contributed by atoms with Gasteiger partial charge in [0.2, 0.25) is 0 Å². The zero-order valence-corrected chi connectivity index (χ0v) is 12.7. The van der Waals surface area contributed by atoms with Crippen LogP contribution in [-0.2, 0) is 11.2 Å². The number of carboxylic acid groups (broad SMARTS) is 1. The number of para-hydroxylation sites is 1. The van der Waals surface area contributed by atoms with Crippen LogP contribution in [0.15, 0.2) is 54.9 Å². The molecule has 3 rings (SSSR count). The molecule has 122 valence electrons. The summed E-state index contributed by atoms with van der Waals surface area (Å²) in [7, 11) is 0. The molecule has 24 heavy (non-hydrogen) atoms. The van der Waals surface area contributed by atoms with E-state index >= 15 is 0 Å². The molecule has 0 fully saturated rings. The highest BCUT2D eigenvalue weighted by atomic mass is 16.4. The maximum absolute atomic E-state index is 12.0. The van der Waals surface area contributed by atoms with Crippen LogP contribution >= 0.6 is 0 Å². The van der Waals surface area contributed by atoms with E-state index in [1.54, 1.807) is 24.4 Å². The molecule has 0 spiro atoms. The average Bonchev–Trinajstić information content (AvgIpc) is 2.98. The molecular weight excluding hydrogens is 308 g/mol. The smallest absolute Gasteiger partial charge is 0.326 e. The number of urea groups is 1. The topological polar surface area (TPSA) is 107 Å². The number of hydrogen-bond acceptors (Lipinski definition) is 3. The Morgan fingerprint density at radius 3 is 2.71 bits per heavy atom. The summed E-state index contributed by atoms with van der Waals surface area (Å²) in [4.78, 5) is 30.5. The van der Waals surface area contributed by atoms with Crippen LogP contribution < -0.4 is 10.6 Å². The molecule has 1 unspecified atom stereocenters. The average molecular weight is 324 g/mol. The number of H-pyrrole nitrogens is 1. The highest BCUT2D eigenvalue weighted by Crippen LogP contribution is 2.19. The Balaban J connectivity index is 1.71. The molecule has 0 aliphatic heterocycles. The monoisotopic (exact) mass is 324 g/mol. The van der Waals surface area contributed by atoms with Crippen molar-refractivity contribution in [3.63, 3.8) is 0 Å². The third-order valence-electron chi connectivity index (χ3n) is 3.61. The van der Waals surface area contributed by atoms with E-state index in [-0.39, 0.29) is 6.42 Å². The minimum absolute atomic E-state index is 0.176. The van der Waals surface area contributed by atoms with Crippen molar-refractivity contribution >= 4 is 28.7 Å². The Hall–Kier alpha value is -3.35. The first-order valence-corrected chi connectivity index (χ1v) is 7.40. The van der Waals surface area contributed by atoms with E-state index in [2.05, 4.69) is 20.6 Å². The van der Waals surface area contributed by atoms with Crippen molar-refractivity contribution in [2.24, 2.45) is 0 Å². The summed E-state index contributed by atoms with van der Waals surface area (Å²) in [6, 6.07) is 11.0. The van der Waals surface area contributed by atoms with E-state index in [9.17, 15) is 14.7 Å². The van der Waals surface area contributed by atoms with Gasteiger partial charge < -0.3 is 15.4 Å². The quantitative estimate of drug-likeness (QED) is 0.578. The first kappa shape index (κ1) is 15.5. The summed E-state index contributed by atoms with van der Waals surface area (Å²) in [6.07, 6.45) is 3.48. The second kappa shape index (κ2) is 6.82. The van der Waals surface area contributed by atoms with Gasteiger partial charge in [0.15, 0.2) is 0 Å². The van der Waals surface area contributed by atoms with Gasteiger partial charge in [-0.2, -0.15) is 0 Å². The van der Waals surface area contributed by atoms with Crippen molar-refractivity contribution in [3.05, 3.63) is 60.4 Å². The van der Waals surface area contributed by atoms with E-state index in [0.717, 1.165) is 16.5 Å². The fraction of sp³-hybridized carbons (Fsp3) is 0.118. The summed E-state index contributed by atoms with van der Waals surface area (Å²) in [5.41, 5.74) is 1.76. The van der Waals surface area contributed by atoms with Crippen LogP contribution in [0.5, 0.6) is 0 Å². The number of pyridine rings is 1. The van der Waals surface area contributed by atoms with Crippen molar-refractivity contribution < 1.29 is 14.7 Å². The van der Waals surface area contributed by atoms with E-state index in [1.165, 1.54) is 6.20 Å². The van der Waals surface area contributed by atoms with Crippen molar-refractivity contribution in [3.8, 4) is 0 Å². The van der Waals surface area contributed by atoms with E-state index in [0.29, 0.717) is 5.82 Å². The number of benzene rings is 1. The van der Waals surface area contributed by atoms with Gasteiger partial charge >= 0.3 is 12.0 Å². The first-order chi connectivity index (χ1) is 11.6. The van der Waals surface area contributed by atoms with Crippen LogP contribution in [0.3, 0.4) is 0 Å². The second-order valence-corrected chi connectivity index (χ2v) is 5.27. The maximum atomic E-state index is 12.0. The Kier molecular flexibility index (Phi) is 4.42. The van der Waals surface area contributed by atoms with Crippen LogP contribution in [0.25, 0.3) is 10.9 Å². The zero-order valence-electron chi connectivity index (χ0n) is 12.7. The number of anilines is 1. The molecule has 4 N–H and O–H groups in total. The molecule has 1 aromatic carbocycles. The number of nitrogens with one attached hydrogen (secondary N) is 3. The lowest BCUT2D eigenvalue weighted by molar-refractivity contribution is -0.139. The number of nitrogens with zero attached hydrogens (tertiary/aromatic N) is 1. The lowest BCUT2D eigenvalue weighted by atomic mass is 10.1. The molecule has 0 radical (unpaired) electrons. The van der Waals surface area contributed by atoms with Gasteiger partial charge in [0.1, 0.15) is 11.9 Å². The van der Waals surface area contributed by atoms with Gasteiger partial charge in [0.05, 0.1) is 0 Å². The second-order valence-electron chi connectivity index (χ2n) is 5.27. The fourth-order valence-electron chi connectivity index (χ4n) is 2.47. The molecular formula is C17H16N4O3. The number of carboxylic acids is 1. The molecule has 2 amide bonds. The summed E-state index contributed by atoms with van der Waals surface area (Å²) in [5.74, 6) is -0.748. The third kappa shape index (κ3) is 3.52. The van der Waals surface area contributed by atoms with Gasteiger partial charge in [-0.15, -0.1) is 0 Å². The zero-order chi connectivity index (χ0) is 16.9. The Morgan fingerprint density at radius 2 is 1.96 bits per heavy atom. The lowest BCUT2D eigenvalue weighted by Crippen LogP contribution is -2.44. The number of amides is 2. The number of aromatic amines is 1. The molecule has 1 atom stereocenters. The Bertz CT molecular complexity index is 860. The van der Waals surface area contributed by atoms with Gasteiger partial charge in [0, 0.05) is 29.7 Å². The number of fused-ring (bicyclic) bond motifs is 1. The maximum Gasteiger partial charge on any atom is 0.326 e. The third-order valence-corrected chi connectivity index (χ3v) is 3.61. The molecule has 0 saturated heterocycles. The summed E-state index contributed by atoms with van der Waals surface area (Å²) >= 11 is 0. The van der Waals surface area contributed by atoms with Crippen molar-refractivity contribution in [2.45, 2.75) is 12.5 Å². The van der Waals surface area contributed by atoms with Crippen molar-refractivity contribution in [2.75, 3.05) is 5.32 Å². The van der Waals surface area contributed by atoms with Gasteiger partial charge in [-0.25, -0.2) is 14.6 Å². The van der Waals surface area contributed by atoms with Gasteiger partial charge in [-0.05, 0) is 23.8 Å². The molecule has 7 heteroatoms. The number of rotatable bonds is 5. The minimum atomic E-state index is -1.10. The molecule has 3 aromatic rings. The lowest BCUT2D eigenvalue weighted by Gasteiger charge is -2.14. The standard InChI is InChI=1S/C17H16N4O3/c22-16(23)14(20-17(24)21-15-7-3-4-8-18-15)9-11-10-19-13-6-2-1-5-12(11)13/h1-8,10,14,19H,9H2,(H,22,23)(H2,18,20,21,24). The van der Waals surface area contributed by atoms with Gasteiger partial charge in [0.25, 0.3) is 0 Å². The van der Waals surface area contributed by atoms with Crippen molar-refractivity contribution in [1.82, 2.24) is 15.3 Å².